The number of para-hydroxylation sites is 1. The maximum atomic E-state index is 4.41. The summed E-state index contributed by atoms with van der Waals surface area (Å²) in [5, 5.41) is 4.91. The third kappa shape index (κ3) is 2.63. The number of benzene rings is 1. The number of hydrogen-bond acceptors (Lipinski definition) is 3. The summed E-state index contributed by atoms with van der Waals surface area (Å²) < 4.78 is 0.503. The number of hydrogen-bond donors (Lipinski definition) is 1. The first-order chi connectivity index (χ1) is 9.33. The molecule has 0 spiro atoms. The minimum absolute atomic E-state index is 0.503. The van der Waals surface area contributed by atoms with Crippen LogP contribution in [0, 0.1) is 0 Å². The Hall–Kier alpha value is -1.06. The van der Waals surface area contributed by atoms with Crippen LogP contribution in [-0.4, -0.2) is 22.5 Å². The highest BCUT2D eigenvalue weighted by Crippen LogP contribution is 2.42. The molecule has 1 aliphatic rings. The standard InChI is InChI=1S/C16H20N2S/c1-19-16(8-4-9-16)12-17-11-13-7-10-18-15-6-3-2-5-14(13)15/h2-3,5-7,10,17H,4,8-9,11-12H2,1H3. The van der Waals surface area contributed by atoms with Gasteiger partial charge in [0.2, 0.25) is 0 Å². The van der Waals surface area contributed by atoms with Gasteiger partial charge in [0.25, 0.3) is 0 Å². The van der Waals surface area contributed by atoms with Gasteiger partial charge in [0, 0.05) is 29.4 Å². The summed E-state index contributed by atoms with van der Waals surface area (Å²) >= 11 is 2.02. The molecule has 1 N–H and O–H groups in total. The number of nitrogens with zero attached hydrogens (tertiary/aromatic N) is 1. The SMILES string of the molecule is CSC1(CNCc2ccnc3ccccc23)CCC1. The van der Waals surface area contributed by atoms with Gasteiger partial charge in [-0.2, -0.15) is 11.8 Å². The molecule has 19 heavy (non-hydrogen) atoms. The van der Waals surface area contributed by atoms with Crippen LogP contribution in [0.3, 0.4) is 0 Å². The van der Waals surface area contributed by atoms with Crippen LogP contribution >= 0.6 is 11.8 Å². The van der Waals surface area contributed by atoms with Crippen molar-refractivity contribution in [2.24, 2.45) is 0 Å². The van der Waals surface area contributed by atoms with E-state index < -0.39 is 0 Å². The Balaban J connectivity index is 1.68. The van der Waals surface area contributed by atoms with Gasteiger partial charge in [-0.1, -0.05) is 24.6 Å². The summed E-state index contributed by atoms with van der Waals surface area (Å²) in [6.07, 6.45) is 8.26. The van der Waals surface area contributed by atoms with Crippen molar-refractivity contribution in [2.75, 3.05) is 12.8 Å². The summed E-state index contributed by atoms with van der Waals surface area (Å²) in [7, 11) is 0. The zero-order valence-electron chi connectivity index (χ0n) is 11.4. The second-order valence-electron chi connectivity index (χ2n) is 5.33. The van der Waals surface area contributed by atoms with Crippen molar-refractivity contribution in [3.05, 3.63) is 42.1 Å². The van der Waals surface area contributed by atoms with E-state index in [4.69, 9.17) is 0 Å². The third-order valence-electron chi connectivity index (χ3n) is 4.20. The van der Waals surface area contributed by atoms with Crippen molar-refractivity contribution in [3.63, 3.8) is 0 Å². The van der Waals surface area contributed by atoms with E-state index in [-0.39, 0.29) is 0 Å². The molecule has 2 nitrogen and oxygen atoms in total. The van der Waals surface area contributed by atoms with Crippen LogP contribution in [0.1, 0.15) is 24.8 Å². The van der Waals surface area contributed by atoms with Crippen LogP contribution in [0.4, 0.5) is 0 Å². The number of fused-ring (bicyclic) bond motifs is 1. The topological polar surface area (TPSA) is 24.9 Å². The van der Waals surface area contributed by atoms with E-state index in [2.05, 4.69) is 40.8 Å². The molecule has 1 aliphatic carbocycles. The molecule has 100 valence electrons. The molecular formula is C16H20N2S. The zero-order chi connectivity index (χ0) is 13.1. The smallest absolute Gasteiger partial charge is 0.0705 e. The van der Waals surface area contributed by atoms with E-state index in [1.807, 2.05) is 24.0 Å². The second-order valence-corrected chi connectivity index (χ2v) is 6.61. The molecule has 1 aromatic carbocycles. The van der Waals surface area contributed by atoms with E-state index in [0.29, 0.717) is 4.75 Å². The van der Waals surface area contributed by atoms with Crippen LogP contribution in [0.25, 0.3) is 10.9 Å². The van der Waals surface area contributed by atoms with Crippen molar-refractivity contribution in [1.82, 2.24) is 10.3 Å². The lowest BCUT2D eigenvalue weighted by molar-refractivity contribution is 0.345. The number of nitrogens with one attached hydrogen (secondary N) is 1. The molecule has 0 bridgehead atoms. The molecule has 0 amide bonds. The van der Waals surface area contributed by atoms with Gasteiger partial charge in [-0.3, -0.25) is 4.98 Å². The molecule has 1 fully saturated rings. The van der Waals surface area contributed by atoms with E-state index >= 15 is 0 Å². The van der Waals surface area contributed by atoms with Crippen LogP contribution in [0.2, 0.25) is 0 Å². The van der Waals surface area contributed by atoms with E-state index in [1.165, 1.54) is 30.2 Å². The quantitative estimate of drug-likeness (QED) is 0.900. The molecule has 1 saturated carbocycles. The van der Waals surface area contributed by atoms with Gasteiger partial charge in [0.1, 0.15) is 0 Å². The molecule has 2 aromatic rings. The Bertz CT molecular complexity index is 553. The normalized spacial score (nSPS) is 17.3. The molecule has 0 unspecified atom stereocenters. The van der Waals surface area contributed by atoms with Gasteiger partial charge in [0.05, 0.1) is 5.52 Å². The molecule has 1 heterocycles. The average Bonchev–Trinajstić information content (AvgIpc) is 2.42. The fourth-order valence-electron chi connectivity index (χ4n) is 2.76. The third-order valence-corrected chi connectivity index (χ3v) is 5.62. The Morgan fingerprint density at radius 1 is 1.26 bits per heavy atom. The number of rotatable bonds is 5. The van der Waals surface area contributed by atoms with Crippen molar-refractivity contribution >= 4 is 22.7 Å². The van der Waals surface area contributed by atoms with Gasteiger partial charge < -0.3 is 5.32 Å². The van der Waals surface area contributed by atoms with Crippen molar-refractivity contribution in [1.29, 1.82) is 0 Å². The fourth-order valence-corrected chi connectivity index (χ4v) is 3.70. The highest BCUT2D eigenvalue weighted by molar-refractivity contribution is 8.00. The van der Waals surface area contributed by atoms with Crippen LogP contribution < -0.4 is 5.32 Å². The Labute approximate surface area is 119 Å². The van der Waals surface area contributed by atoms with E-state index in [1.54, 1.807) is 0 Å². The first-order valence-corrected chi connectivity index (χ1v) is 8.14. The lowest BCUT2D eigenvalue weighted by atomic mass is 9.84. The molecule has 0 saturated heterocycles. The molecule has 0 radical (unpaired) electrons. The van der Waals surface area contributed by atoms with Gasteiger partial charge in [-0.05, 0) is 36.8 Å². The summed E-state index contributed by atoms with van der Waals surface area (Å²) in [6.45, 7) is 2.05. The van der Waals surface area contributed by atoms with Gasteiger partial charge in [-0.25, -0.2) is 0 Å². The number of pyridine rings is 1. The maximum Gasteiger partial charge on any atom is 0.0705 e. The summed E-state index contributed by atoms with van der Waals surface area (Å²) in [5.74, 6) is 0. The number of thioether (sulfide) groups is 1. The van der Waals surface area contributed by atoms with Gasteiger partial charge in [-0.15, -0.1) is 0 Å². The monoisotopic (exact) mass is 272 g/mol. The second kappa shape index (κ2) is 5.51. The molecule has 0 atom stereocenters. The largest absolute Gasteiger partial charge is 0.311 e. The van der Waals surface area contributed by atoms with E-state index in [9.17, 15) is 0 Å². The Morgan fingerprint density at radius 3 is 2.84 bits per heavy atom. The predicted octanol–water partition coefficient (Wildman–Crippen LogP) is 3.61. The van der Waals surface area contributed by atoms with Crippen LogP contribution in [0.5, 0.6) is 0 Å². The molecule has 0 aliphatic heterocycles. The zero-order valence-corrected chi connectivity index (χ0v) is 12.2. The predicted molar refractivity (Wildman–Crippen MR) is 83.5 cm³/mol. The van der Waals surface area contributed by atoms with Crippen molar-refractivity contribution in [3.8, 4) is 0 Å². The number of aromatic nitrogens is 1. The lowest BCUT2D eigenvalue weighted by Crippen LogP contribution is -2.43. The molecule has 3 rings (SSSR count). The molecule has 1 aromatic heterocycles. The van der Waals surface area contributed by atoms with Crippen molar-refractivity contribution < 1.29 is 0 Å². The lowest BCUT2D eigenvalue weighted by Gasteiger charge is -2.40. The fraction of sp³-hybridized carbons (Fsp3) is 0.438. The first kappa shape index (κ1) is 12.9. The molecular weight excluding hydrogens is 252 g/mol. The summed E-state index contributed by atoms with van der Waals surface area (Å²) in [4.78, 5) is 4.41. The average molecular weight is 272 g/mol. The minimum Gasteiger partial charge on any atom is -0.311 e. The minimum atomic E-state index is 0.503. The van der Waals surface area contributed by atoms with Crippen LogP contribution in [0.15, 0.2) is 36.5 Å². The summed E-state index contributed by atoms with van der Waals surface area (Å²) in [5.41, 5.74) is 2.44. The molecule has 3 heteroatoms. The van der Waals surface area contributed by atoms with E-state index in [0.717, 1.165) is 18.6 Å². The highest BCUT2D eigenvalue weighted by atomic mass is 32.2. The maximum absolute atomic E-state index is 4.41. The van der Waals surface area contributed by atoms with Crippen molar-refractivity contribution in [2.45, 2.75) is 30.6 Å². The highest BCUT2D eigenvalue weighted by Gasteiger charge is 2.35. The first-order valence-electron chi connectivity index (χ1n) is 6.91. The van der Waals surface area contributed by atoms with Crippen LogP contribution in [-0.2, 0) is 6.54 Å². The Morgan fingerprint density at radius 2 is 2.11 bits per heavy atom. The Kier molecular flexibility index (Phi) is 3.76. The summed E-state index contributed by atoms with van der Waals surface area (Å²) in [6, 6.07) is 10.5. The van der Waals surface area contributed by atoms with Gasteiger partial charge in [0.15, 0.2) is 0 Å². The van der Waals surface area contributed by atoms with Gasteiger partial charge >= 0.3 is 0 Å².